The molecule has 0 unspecified atom stereocenters. The molecule has 0 N–H and O–H groups in total. The third-order valence-electron chi connectivity index (χ3n) is 0.653. The predicted octanol–water partition coefficient (Wildman–Crippen LogP) is 0.963. The summed E-state index contributed by atoms with van der Waals surface area (Å²) in [5.74, 6) is 0.215. The van der Waals surface area contributed by atoms with Gasteiger partial charge in [0.25, 0.3) is 7.82 Å². The molecule has 0 aromatic heterocycles. The summed E-state index contributed by atoms with van der Waals surface area (Å²) in [6, 6.07) is 0. The average molecular weight is 286 g/mol. The Morgan fingerprint density at radius 3 is 1.75 bits per heavy atom. The first-order valence-electron chi connectivity index (χ1n) is 2.84. The minimum absolute atomic E-state index is 0. The van der Waals surface area contributed by atoms with E-state index in [1.807, 2.05) is 0 Å². The molecule has 8 heteroatoms. The van der Waals surface area contributed by atoms with Gasteiger partial charge in [0.05, 0.1) is 13.2 Å². The van der Waals surface area contributed by atoms with Crippen LogP contribution >= 0.6 is 31.0 Å². The van der Waals surface area contributed by atoms with E-state index in [4.69, 9.17) is 23.2 Å². The molecule has 0 aromatic rings. The second-order valence-electron chi connectivity index (χ2n) is 1.49. The Morgan fingerprint density at radius 1 is 1.17 bits per heavy atom. The van der Waals surface area contributed by atoms with Gasteiger partial charge in [0.2, 0.25) is 0 Å². The van der Waals surface area contributed by atoms with E-state index in [0.717, 1.165) is 0 Å². The molecule has 4 nitrogen and oxygen atoms in total. The largest absolute Gasteiger partial charge is 2.00 e. The summed E-state index contributed by atoms with van der Waals surface area (Å²) < 4.78 is 19.2. The fourth-order valence-corrected chi connectivity index (χ4v) is 1.40. The first-order valence-corrected chi connectivity index (χ1v) is 5.37. The van der Waals surface area contributed by atoms with Crippen LogP contribution in [0.3, 0.4) is 0 Å². The van der Waals surface area contributed by atoms with Gasteiger partial charge in [0.1, 0.15) is 0 Å². The van der Waals surface area contributed by atoms with Crippen molar-refractivity contribution < 1.29 is 35.6 Å². The van der Waals surface area contributed by atoms with Crippen molar-refractivity contribution in [3.05, 3.63) is 0 Å². The summed E-state index contributed by atoms with van der Waals surface area (Å²) in [6.07, 6.45) is 0. The maximum atomic E-state index is 10.6. The molecule has 0 amide bonds. The third kappa shape index (κ3) is 9.30. The Labute approximate surface area is 91.6 Å². The monoisotopic (exact) mass is 284 g/mol. The van der Waals surface area contributed by atoms with Crippen LogP contribution in [0.2, 0.25) is 0 Å². The molecule has 0 fully saturated rings. The summed E-state index contributed by atoms with van der Waals surface area (Å²) in [5.41, 5.74) is 0. The van der Waals surface area contributed by atoms with E-state index in [9.17, 15) is 9.46 Å². The molecule has 0 spiro atoms. The molecule has 0 aromatic carbocycles. The van der Waals surface area contributed by atoms with E-state index in [1.54, 1.807) is 0 Å². The van der Waals surface area contributed by atoms with Gasteiger partial charge in [-0.3, -0.25) is 4.57 Å². The molecule has 0 rings (SSSR count). The topological polar surface area (TPSA) is 58.6 Å². The maximum absolute atomic E-state index is 10.6. The van der Waals surface area contributed by atoms with Crippen molar-refractivity contribution >= 4 is 31.0 Å². The fraction of sp³-hybridized carbons (Fsp3) is 1.00. The van der Waals surface area contributed by atoms with Crippen LogP contribution in [0.1, 0.15) is 0 Å². The van der Waals surface area contributed by atoms with Crippen LogP contribution in [-0.2, 0) is 30.7 Å². The number of hydrogen-bond acceptors (Lipinski definition) is 4. The van der Waals surface area contributed by atoms with Crippen LogP contribution < -0.4 is 4.89 Å². The van der Waals surface area contributed by atoms with Crippen LogP contribution in [0.25, 0.3) is 0 Å². The third-order valence-corrected chi connectivity index (χ3v) is 1.96. The van der Waals surface area contributed by atoms with Crippen molar-refractivity contribution in [3.63, 3.8) is 0 Å². The fourth-order valence-electron chi connectivity index (χ4n) is 0.330. The summed E-state index contributed by atoms with van der Waals surface area (Å²) in [5, 5.41) is 0. The number of rotatable bonds is 6. The van der Waals surface area contributed by atoms with Gasteiger partial charge in [-0.2, -0.15) is 0 Å². The molecule has 12 heavy (non-hydrogen) atoms. The van der Waals surface area contributed by atoms with E-state index >= 15 is 0 Å². The minimum Gasteiger partial charge on any atom is -0.756 e. The van der Waals surface area contributed by atoms with Crippen molar-refractivity contribution in [3.8, 4) is 0 Å². The van der Waals surface area contributed by atoms with E-state index in [1.165, 1.54) is 0 Å². The maximum Gasteiger partial charge on any atom is 2.00 e. The first kappa shape index (κ1) is 15.7. The van der Waals surface area contributed by atoms with Crippen molar-refractivity contribution in [1.82, 2.24) is 0 Å². The first-order chi connectivity index (χ1) is 5.12. The molecule has 0 atom stereocenters. The van der Waals surface area contributed by atoms with Gasteiger partial charge in [0, 0.05) is 11.8 Å². The van der Waals surface area contributed by atoms with Crippen LogP contribution in [0.4, 0.5) is 0 Å². The van der Waals surface area contributed by atoms with Gasteiger partial charge < -0.3 is 13.9 Å². The smallest absolute Gasteiger partial charge is 0.756 e. The van der Waals surface area contributed by atoms with Gasteiger partial charge in [-0.15, -0.1) is 23.2 Å². The molecule has 0 heterocycles. The Bertz CT molecular complexity index is 135. The van der Waals surface area contributed by atoms with E-state index in [-0.39, 0.29) is 42.0 Å². The van der Waals surface area contributed by atoms with Gasteiger partial charge in [0.15, 0.2) is 0 Å². The molecule has 77 valence electrons. The molecule has 0 saturated heterocycles. The SMILES string of the molecule is O=P([O-])(OCCCl)OCCCl.[Cu+2]. The number of alkyl halides is 2. The van der Waals surface area contributed by atoms with Gasteiger partial charge in [-0.05, 0) is 0 Å². The molecule has 0 bridgehead atoms. The van der Waals surface area contributed by atoms with Gasteiger partial charge >= 0.3 is 17.1 Å². The Kier molecular flexibility index (Phi) is 11.5. The van der Waals surface area contributed by atoms with Crippen LogP contribution in [0.15, 0.2) is 0 Å². The van der Waals surface area contributed by atoms with E-state index in [0.29, 0.717) is 0 Å². The molecule has 0 aliphatic heterocycles. The van der Waals surface area contributed by atoms with Crippen molar-refractivity contribution in [2.75, 3.05) is 25.0 Å². The number of halogens is 2. The van der Waals surface area contributed by atoms with Crippen molar-refractivity contribution in [1.29, 1.82) is 0 Å². The van der Waals surface area contributed by atoms with Crippen LogP contribution in [0.5, 0.6) is 0 Å². The Morgan fingerprint density at radius 2 is 1.50 bits per heavy atom. The van der Waals surface area contributed by atoms with Crippen LogP contribution in [0, 0.1) is 0 Å². The summed E-state index contributed by atoms with van der Waals surface area (Å²) >= 11 is 10.3. The average Bonchev–Trinajstić information content (AvgIpc) is 1.97. The number of hydrogen-bond donors (Lipinski definition) is 0. The zero-order chi connectivity index (χ0) is 8.74. The van der Waals surface area contributed by atoms with Gasteiger partial charge in [-0.1, -0.05) is 0 Å². The second-order valence-corrected chi connectivity index (χ2v) is 3.66. The van der Waals surface area contributed by atoms with E-state index < -0.39 is 7.82 Å². The summed E-state index contributed by atoms with van der Waals surface area (Å²) in [7, 11) is -4.14. The van der Waals surface area contributed by atoms with Crippen molar-refractivity contribution in [2.45, 2.75) is 0 Å². The summed E-state index contributed by atoms with van der Waals surface area (Å²) in [6.45, 7) is -0.158. The van der Waals surface area contributed by atoms with Crippen LogP contribution in [-0.4, -0.2) is 25.0 Å². The zero-order valence-electron chi connectivity index (χ0n) is 5.97. The van der Waals surface area contributed by atoms with Gasteiger partial charge in [-0.25, -0.2) is 0 Å². The molecule has 1 radical (unpaired) electrons. The van der Waals surface area contributed by atoms with E-state index in [2.05, 4.69) is 9.05 Å². The zero-order valence-corrected chi connectivity index (χ0v) is 9.31. The standard InChI is InChI=1S/C4H9Cl2O4P.Cu/c5-1-3-9-11(7,8)10-4-2-6;/h1-4H2,(H,7,8);/q;+2/p-1. The Hall–Kier alpha value is 1.21. The normalized spacial score (nSPS) is 10.9. The number of phosphoric acid groups is 1. The summed E-state index contributed by atoms with van der Waals surface area (Å²) in [4.78, 5) is 10.6. The van der Waals surface area contributed by atoms with Crippen molar-refractivity contribution in [2.24, 2.45) is 0 Å². The Balaban J connectivity index is 0. The molecule has 0 aliphatic rings. The quantitative estimate of drug-likeness (QED) is 0.414. The number of phosphoric ester groups is 1. The molecular weight excluding hydrogens is 277 g/mol. The molecule has 0 aliphatic carbocycles. The predicted molar refractivity (Wildman–Crippen MR) is 41.0 cm³/mol. The molecule has 0 saturated carbocycles. The molecular formula is C4H8Cl2CuO4P+. The minimum atomic E-state index is -4.14. The second kappa shape index (κ2) is 8.79.